The Hall–Kier alpha value is -3.34. The van der Waals surface area contributed by atoms with Gasteiger partial charge < -0.3 is 9.47 Å². The quantitative estimate of drug-likeness (QED) is 0.573. The van der Waals surface area contributed by atoms with Gasteiger partial charge in [-0.2, -0.15) is 5.10 Å². The first-order valence-corrected chi connectivity index (χ1v) is 7.75. The predicted octanol–water partition coefficient (Wildman–Crippen LogP) is 3.62. The minimum atomic E-state index is -0.262. The van der Waals surface area contributed by atoms with E-state index in [1.807, 2.05) is 42.5 Å². The highest BCUT2D eigenvalue weighted by Gasteiger charge is 2.06. The smallest absolute Gasteiger partial charge is 0.271 e. The second kappa shape index (κ2) is 7.49. The molecule has 5 heteroatoms. The van der Waals surface area contributed by atoms with E-state index in [4.69, 9.17) is 9.47 Å². The maximum absolute atomic E-state index is 12.2. The van der Waals surface area contributed by atoms with Gasteiger partial charge >= 0.3 is 0 Å². The normalized spacial score (nSPS) is 10.8. The van der Waals surface area contributed by atoms with E-state index in [2.05, 4.69) is 10.5 Å². The molecular formula is C20H18N2O3. The zero-order valence-electron chi connectivity index (χ0n) is 14.0. The van der Waals surface area contributed by atoms with Crippen molar-refractivity contribution in [3.63, 3.8) is 0 Å². The Morgan fingerprint density at radius 1 is 0.920 bits per heavy atom. The molecule has 0 aromatic heterocycles. The number of hydrogen-bond donors (Lipinski definition) is 1. The van der Waals surface area contributed by atoms with Crippen molar-refractivity contribution in [2.75, 3.05) is 14.2 Å². The summed E-state index contributed by atoms with van der Waals surface area (Å²) in [4.78, 5) is 12.2. The van der Waals surface area contributed by atoms with Gasteiger partial charge in [0.25, 0.3) is 5.91 Å². The molecule has 0 unspecified atom stereocenters. The molecule has 0 heterocycles. The summed E-state index contributed by atoms with van der Waals surface area (Å²) >= 11 is 0. The minimum Gasteiger partial charge on any atom is -0.493 e. The standard InChI is InChI=1S/C20H18N2O3/c1-24-18-10-7-14(11-19(18)25-2)13-21-22-20(23)17-9-8-15-5-3-4-6-16(15)12-17/h3-13H,1-2H3,(H,22,23)/b21-13+. The zero-order valence-corrected chi connectivity index (χ0v) is 14.0. The van der Waals surface area contributed by atoms with Crippen molar-refractivity contribution < 1.29 is 14.3 Å². The fraction of sp³-hybridized carbons (Fsp3) is 0.100. The molecule has 0 bridgehead atoms. The number of nitrogens with zero attached hydrogens (tertiary/aromatic N) is 1. The van der Waals surface area contributed by atoms with E-state index in [-0.39, 0.29) is 5.91 Å². The van der Waals surface area contributed by atoms with Gasteiger partial charge in [0.1, 0.15) is 0 Å². The van der Waals surface area contributed by atoms with Gasteiger partial charge in [0.05, 0.1) is 20.4 Å². The molecule has 3 rings (SSSR count). The van der Waals surface area contributed by atoms with Crippen LogP contribution in [0.15, 0.2) is 65.8 Å². The van der Waals surface area contributed by atoms with Crippen molar-refractivity contribution in [2.45, 2.75) is 0 Å². The Bertz CT molecular complexity index is 935. The molecule has 0 saturated carbocycles. The molecule has 25 heavy (non-hydrogen) atoms. The van der Waals surface area contributed by atoms with E-state index >= 15 is 0 Å². The van der Waals surface area contributed by atoms with Gasteiger partial charge in [0.15, 0.2) is 11.5 Å². The molecule has 0 fully saturated rings. The highest BCUT2D eigenvalue weighted by molar-refractivity contribution is 5.99. The summed E-state index contributed by atoms with van der Waals surface area (Å²) in [5, 5.41) is 6.11. The summed E-state index contributed by atoms with van der Waals surface area (Å²) in [6.07, 6.45) is 1.56. The van der Waals surface area contributed by atoms with Crippen LogP contribution >= 0.6 is 0 Å². The SMILES string of the molecule is COc1ccc(/C=N/NC(=O)c2ccc3ccccc3c2)cc1OC. The van der Waals surface area contributed by atoms with Gasteiger partial charge in [0.2, 0.25) is 0 Å². The number of benzene rings is 3. The molecule has 0 saturated heterocycles. The number of amides is 1. The largest absolute Gasteiger partial charge is 0.493 e. The molecule has 0 aliphatic heterocycles. The molecule has 3 aromatic carbocycles. The Balaban J connectivity index is 1.71. The van der Waals surface area contributed by atoms with Crippen LogP contribution in [0.25, 0.3) is 10.8 Å². The van der Waals surface area contributed by atoms with E-state index in [1.165, 1.54) is 0 Å². The number of fused-ring (bicyclic) bond motifs is 1. The summed E-state index contributed by atoms with van der Waals surface area (Å²) < 4.78 is 10.4. The van der Waals surface area contributed by atoms with Crippen molar-refractivity contribution in [1.29, 1.82) is 0 Å². The van der Waals surface area contributed by atoms with Crippen LogP contribution in [0.4, 0.5) is 0 Å². The average molecular weight is 334 g/mol. The monoisotopic (exact) mass is 334 g/mol. The maximum Gasteiger partial charge on any atom is 0.271 e. The van der Waals surface area contributed by atoms with Gasteiger partial charge in [-0.3, -0.25) is 4.79 Å². The van der Waals surface area contributed by atoms with Crippen molar-refractivity contribution in [3.8, 4) is 11.5 Å². The molecule has 5 nitrogen and oxygen atoms in total. The summed E-state index contributed by atoms with van der Waals surface area (Å²) in [6, 6.07) is 18.8. The van der Waals surface area contributed by atoms with E-state index < -0.39 is 0 Å². The second-order valence-electron chi connectivity index (χ2n) is 5.38. The van der Waals surface area contributed by atoms with Crippen LogP contribution in [0.2, 0.25) is 0 Å². The first-order chi connectivity index (χ1) is 12.2. The fourth-order valence-electron chi connectivity index (χ4n) is 2.49. The molecular weight excluding hydrogens is 316 g/mol. The average Bonchev–Trinajstić information content (AvgIpc) is 2.67. The summed E-state index contributed by atoms with van der Waals surface area (Å²) in [5.74, 6) is 0.981. The molecule has 3 aromatic rings. The highest BCUT2D eigenvalue weighted by atomic mass is 16.5. The lowest BCUT2D eigenvalue weighted by atomic mass is 10.1. The third kappa shape index (κ3) is 3.77. The van der Waals surface area contributed by atoms with Crippen LogP contribution in [0, 0.1) is 0 Å². The molecule has 0 spiro atoms. The summed E-state index contributed by atoms with van der Waals surface area (Å²) in [5.41, 5.74) is 3.88. The second-order valence-corrected chi connectivity index (χ2v) is 5.38. The number of carbonyl (C=O) groups excluding carboxylic acids is 1. The van der Waals surface area contributed by atoms with E-state index in [9.17, 15) is 4.79 Å². The lowest BCUT2D eigenvalue weighted by Crippen LogP contribution is -2.17. The topological polar surface area (TPSA) is 59.9 Å². The summed E-state index contributed by atoms with van der Waals surface area (Å²) in [6.45, 7) is 0. The Labute approximate surface area is 145 Å². The summed E-state index contributed by atoms with van der Waals surface area (Å²) in [7, 11) is 3.15. The predicted molar refractivity (Wildman–Crippen MR) is 98.6 cm³/mol. The van der Waals surface area contributed by atoms with Crippen LogP contribution < -0.4 is 14.9 Å². The molecule has 126 valence electrons. The third-order valence-corrected chi connectivity index (χ3v) is 3.80. The third-order valence-electron chi connectivity index (χ3n) is 3.80. The van der Waals surface area contributed by atoms with Crippen LogP contribution in [0.1, 0.15) is 15.9 Å². The number of ether oxygens (including phenoxy) is 2. The number of rotatable bonds is 5. The lowest BCUT2D eigenvalue weighted by molar-refractivity contribution is 0.0955. The van der Waals surface area contributed by atoms with Crippen LogP contribution in [0.5, 0.6) is 11.5 Å². The van der Waals surface area contributed by atoms with Crippen molar-refractivity contribution in [1.82, 2.24) is 5.43 Å². The van der Waals surface area contributed by atoms with Crippen molar-refractivity contribution in [3.05, 3.63) is 71.8 Å². The maximum atomic E-state index is 12.2. The van der Waals surface area contributed by atoms with Gasteiger partial charge in [0, 0.05) is 5.56 Å². The van der Waals surface area contributed by atoms with Crippen LogP contribution in [-0.4, -0.2) is 26.3 Å². The van der Waals surface area contributed by atoms with Crippen LogP contribution in [-0.2, 0) is 0 Å². The molecule has 1 N–H and O–H groups in total. The number of nitrogens with one attached hydrogen (secondary N) is 1. The van der Waals surface area contributed by atoms with Gasteiger partial charge in [-0.05, 0) is 46.7 Å². The molecule has 1 amide bonds. The molecule has 0 atom stereocenters. The number of methoxy groups -OCH3 is 2. The van der Waals surface area contributed by atoms with Gasteiger partial charge in [-0.1, -0.05) is 30.3 Å². The number of carbonyl (C=O) groups is 1. The first kappa shape index (κ1) is 16.5. The zero-order chi connectivity index (χ0) is 17.6. The molecule has 0 aliphatic carbocycles. The number of hydrazone groups is 1. The molecule has 0 radical (unpaired) electrons. The number of hydrogen-bond acceptors (Lipinski definition) is 4. The van der Waals surface area contributed by atoms with Gasteiger partial charge in [-0.25, -0.2) is 5.43 Å². The Kier molecular flexibility index (Phi) is 4.95. The first-order valence-electron chi connectivity index (χ1n) is 7.75. The van der Waals surface area contributed by atoms with Crippen LogP contribution in [0.3, 0.4) is 0 Å². The van der Waals surface area contributed by atoms with E-state index in [0.717, 1.165) is 16.3 Å². The lowest BCUT2D eigenvalue weighted by Gasteiger charge is -2.07. The Morgan fingerprint density at radius 2 is 1.68 bits per heavy atom. The fourth-order valence-corrected chi connectivity index (χ4v) is 2.49. The minimum absolute atomic E-state index is 0.262. The van der Waals surface area contributed by atoms with Gasteiger partial charge in [-0.15, -0.1) is 0 Å². The van der Waals surface area contributed by atoms with Crippen molar-refractivity contribution >= 4 is 22.9 Å². The highest BCUT2D eigenvalue weighted by Crippen LogP contribution is 2.26. The van der Waals surface area contributed by atoms with Crippen molar-refractivity contribution in [2.24, 2.45) is 5.10 Å². The van der Waals surface area contributed by atoms with E-state index in [1.54, 1.807) is 38.6 Å². The molecule has 0 aliphatic rings. The Morgan fingerprint density at radius 3 is 2.44 bits per heavy atom. The van der Waals surface area contributed by atoms with E-state index in [0.29, 0.717) is 17.1 Å².